The van der Waals surface area contributed by atoms with Crippen LogP contribution >= 0.6 is 0 Å². The molecule has 2 aromatic carbocycles. The van der Waals surface area contributed by atoms with Crippen molar-refractivity contribution in [3.05, 3.63) is 66.4 Å². The second kappa shape index (κ2) is 5.85. The van der Waals surface area contributed by atoms with E-state index < -0.39 is 0 Å². The van der Waals surface area contributed by atoms with Gasteiger partial charge in [-0.1, -0.05) is 37.3 Å². The van der Waals surface area contributed by atoms with Crippen LogP contribution in [-0.2, 0) is 6.54 Å². The highest BCUT2D eigenvalue weighted by atomic mass is 14.8. The number of pyridine rings is 1. The van der Waals surface area contributed by atoms with Gasteiger partial charge in [-0.2, -0.15) is 0 Å². The van der Waals surface area contributed by atoms with Crippen molar-refractivity contribution in [3.8, 4) is 11.1 Å². The molecule has 0 spiro atoms. The molecule has 0 aliphatic carbocycles. The van der Waals surface area contributed by atoms with Crippen LogP contribution in [0.25, 0.3) is 22.0 Å². The third-order valence-corrected chi connectivity index (χ3v) is 3.44. The summed E-state index contributed by atoms with van der Waals surface area (Å²) in [5.41, 5.74) is 4.85. The first-order chi connectivity index (χ1) is 9.86. The zero-order chi connectivity index (χ0) is 13.8. The summed E-state index contributed by atoms with van der Waals surface area (Å²) in [5.74, 6) is 0. The fraction of sp³-hybridized carbons (Fsp3) is 0.167. The number of aromatic nitrogens is 1. The SMILES string of the molecule is CCNCc1cccc(-c2ccc3ncccc3c2)c1. The Morgan fingerprint density at radius 3 is 2.75 bits per heavy atom. The van der Waals surface area contributed by atoms with Crippen molar-refractivity contribution >= 4 is 10.9 Å². The van der Waals surface area contributed by atoms with Gasteiger partial charge in [0.2, 0.25) is 0 Å². The molecule has 0 atom stereocenters. The molecule has 0 bridgehead atoms. The van der Waals surface area contributed by atoms with Gasteiger partial charge in [0, 0.05) is 18.1 Å². The van der Waals surface area contributed by atoms with Gasteiger partial charge in [-0.3, -0.25) is 4.98 Å². The molecule has 1 aromatic heterocycles. The lowest BCUT2D eigenvalue weighted by atomic mass is 10.0. The lowest BCUT2D eigenvalue weighted by molar-refractivity contribution is 0.727. The minimum atomic E-state index is 0.916. The van der Waals surface area contributed by atoms with Crippen molar-refractivity contribution in [2.24, 2.45) is 0 Å². The van der Waals surface area contributed by atoms with E-state index in [9.17, 15) is 0 Å². The molecule has 0 amide bonds. The predicted octanol–water partition coefficient (Wildman–Crippen LogP) is 4.01. The maximum atomic E-state index is 4.36. The molecule has 100 valence electrons. The predicted molar refractivity (Wildman–Crippen MR) is 84.6 cm³/mol. The van der Waals surface area contributed by atoms with Crippen LogP contribution < -0.4 is 5.32 Å². The molecule has 3 rings (SSSR count). The van der Waals surface area contributed by atoms with Crippen molar-refractivity contribution in [2.75, 3.05) is 6.54 Å². The minimum Gasteiger partial charge on any atom is -0.313 e. The summed E-state index contributed by atoms with van der Waals surface area (Å²) in [5, 5.41) is 4.55. The summed E-state index contributed by atoms with van der Waals surface area (Å²) in [7, 11) is 0. The van der Waals surface area contributed by atoms with Crippen LogP contribution in [0, 0.1) is 0 Å². The van der Waals surface area contributed by atoms with E-state index in [-0.39, 0.29) is 0 Å². The average Bonchev–Trinajstić information content (AvgIpc) is 2.53. The number of hydrogen-bond donors (Lipinski definition) is 1. The molecule has 0 saturated heterocycles. The fourth-order valence-corrected chi connectivity index (χ4v) is 2.39. The van der Waals surface area contributed by atoms with Crippen LogP contribution in [-0.4, -0.2) is 11.5 Å². The highest BCUT2D eigenvalue weighted by Crippen LogP contribution is 2.24. The normalized spacial score (nSPS) is 10.8. The van der Waals surface area contributed by atoms with Gasteiger partial charge in [0.1, 0.15) is 0 Å². The quantitative estimate of drug-likeness (QED) is 0.768. The van der Waals surface area contributed by atoms with Crippen molar-refractivity contribution in [3.63, 3.8) is 0 Å². The monoisotopic (exact) mass is 262 g/mol. The first kappa shape index (κ1) is 12.8. The van der Waals surface area contributed by atoms with Gasteiger partial charge in [-0.25, -0.2) is 0 Å². The van der Waals surface area contributed by atoms with Gasteiger partial charge in [-0.05, 0) is 47.5 Å². The number of benzene rings is 2. The molecule has 2 heteroatoms. The highest BCUT2D eigenvalue weighted by Gasteiger charge is 2.01. The van der Waals surface area contributed by atoms with Crippen LogP contribution in [0.4, 0.5) is 0 Å². The Morgan fingerprint density at radius 1 is 0.950 bits per heavy atom. The summed E-state index contributed by atoms with van der Waals surface area (Å²) in [6, 6.07) is 19.2. The Labute approximate surface area is 119 Å². The molecule has 0 saturated carbocycles. The second-order valence-electron chi connectivity index (χ2n) is 4.89. The summed E-state index contributed by atoms with van der Waals surface area (Å²) in [6.07, 6.45) is 1.83. The molecule has 0 aliphatic heterocycles. The number of hydrogen-bond acceptors (Lipinski definition) is 2. The molecule has 1 heterocycles. The number of nitrogens with one attached hydrogen (secondary N) is 1. The van der Waals surface area contributed by atoms with E-state index in [2.05, 4.69) is 65.8 Å². The molecule has 0 aliphatic rings. The molecular weight excluding hydrogens is 244 g/mol. The van der Waals surface area contributed by atoms with E-state index >= 15 is 0 Å². The van der Waals surface area contributed by atoms with Crippen molar-refractivity contribution in [2.45, 2.75) is 13.5 Å². The van der Waals surface area contributed by atoms with Crippen molar-refractivity contribution < 1.29 is 0 Å². The van der Waals surface area contributed by atoms with Crippen LogP contribution in [0.2, 0.25) is 0 Å². The largest absolute Gasteiger partial charge is 0.313 e. The van der Waals surface area contributed by atoms with Gasteiger partial charge >= 0.3 is 0 Å². The number of rotatable bonds is 4. The smallest absolute Gasteiger partial charge is 0.0702 e. The topological polar surface area (TPSA) is 24.9 Å². The number of fused-ring (bicyclic) bond motifs is 1. The molecule has 0 fully saturated rings. The van der Waals surface area contributed by atoms with Gasteiger partial charge in [0.25, 0.3) is 0 Å². The van der Waals surface area contributed by atoms with E-state index in [1.165, 1.54) is 22.1 Å². The third-order valence-electron chi connectivity index (χ3n) is 3.44. The lowest BCUT2D eigenvalue weighted by Gasteiger charge is -2.07. The van der Waals surface area contributed by atoms with Gasteiger partial charge in [0.05, 0.1) is 5.52 Å². The Hall–Kier alpha value is -2.19. The Morgan fingerprint density at radius 2 is 1.85 bits per heavy atom. The molecule has 0 unspecified atom stereocenters. The Kier molecular flexibility index (Phi) is 3.75. The van der Waals surface area contributed by atoms with Gasteiger partial charge in [-0.15, -0.1) is 0 Å². The van der Waals surface area contributed by atoms with Crippen LogP contribution in [0.5, 0.6) is 0 Å². The molecule has 0 radical (unpaired) electrons. The zero-order valence-corrected chi connectivity index (χ0v) is 11.6. The molecule has 1 N–H and O–H groups in total. The molecule has 2 nitrogen and oxygen atoms in total. The molecule has 3 aromatic rings. The molecular formula is C18H18N2. The average molecular weight is 262 g/mol. The maximum Gasteiger partial charge on any atom is 0.0702 e. The summed E-state index contributed by atoms with van der Waals surface area (Å²) >= 11 is 0. The first-order valence-electron chi connectivity index (χ1n) is 7.01. The summed E-state index contributed by atoms with van der Waals surface area (Å²) < 4.78 is 0. The zero-order valence-electron chi connectivity index (χ0n) is 11.6. The van der Waals surface area contributed by atoms with Gasteiger partial charge in [0.15, 0.2) is 0 Å². The number of nitrogens with zero attached hydrogens (tertiary/aromatic N) is 1. The molecule has 20 heavy (non-hydrogen) atoms. The van der Waals surface area contributed by atoms with Gasteiger partial charge < -0.3 is 5.32 Å². The van der Waals surface area contributed by atoms with E-state index in [0.29, 0.717) is 0 Å². The second-order valence-corrected chi connectivity index (χ2v) is 4.89. The van der Waals surface area contributed by atoms with E-state index in [1.54, 1.807) is 0 Å². The van der Waals surface area contributed by atoms with E-state index in [1.807, 2.05) is 12.3 Å². The van der Waals surface area contributed by atoms with Crippen LogP contribution in [0.1, 0.15) is 12.5 Å². The van der Waals surface area contributed by atoms with Crippen LogP contribution in [0.15, 0.2) is 60.8 Å². The third kappa shape index (κ3) is 2.70. The first-order valence-corrected chi connectivity index (χ1v) is 7.01. The maximum absolute atomic E-state index is 4.36. The summed E-state index contributed by atoms with van der Waals surface area (Å²) in [4.78, 5) is 4.36. The van der Waals surface area contributed by atoms with Crippen molar-refractivity contribution in [1.29, 1.82) is 0 Å². The Balaban J connectivity index is 1.97. The summed E-state index contributed by atoms with van der Waals surface area (Å²) in [6.45, 7) is 4.03. The standard InChI is InChI=1S/C18H18N2/c1-2-19-13-14-5-3-6-15(11-14)16-8-9-18-17(12-16)7-4-10-20-18/h3-12,19H,2,13H2,1H3. The lowest BCUT2D eigenvalue weighted by Crippen LogP contribution is -2.11. The van der Waals surface area contributed by atoms with E-state index in [0.717, 1.165) is 18.6 Å². The highest BCUT2D eigenvalue weighted by molar-refractivity contribution is 5.84. The minimum absolute atomic E-state index is 0.916. The van der Waals surface area contributed by atoms with Crippen molar-refractivity contribution in [1.82, 2.24) is 10.3 Å². The Bertz CT molecular complexity index is 719. The fourth-order valence-electron chi connectivity index (χ4n) is 2.39. The van der Waals surface area contributed by atoms with E-state index in [4.69, 9.17) is 0 Å². The van der Waals surface area contributed by atoms with Crippen LogP contribution in [0.3, 0.4) is 0 Å².